The van der Waals surface area contributed by atoms with Gasteiger partial charge in [0.25, 0.3) is 5.91 Å². The van der Waals surface area contributed by atoms with Crippen molar-refractivity contribution in [3.05, 3.63) is 55.1 Å². The summed E-state index contributed by atoms with van der Waals surface area (Å²) in [4.78, 5) is 61.3. The molecule has 0 radical (unpaired) electrons. The standard InChI is InChI=1S/C36H43N7O6/c1-20-14-34(8-10-41(11-9-34)33(47)25-29(45)21(2)15-37-32(25)48-3)26-28(20)42(16-24(44)38-36-17-35(18-36,19-36)22-4-5-22)31-27(30(26)46)39-43(40-31)23-6-12-49-13-7-23/h6,15,20,22H,4-5,7-14,16-19H2,1-3H3,(H,37,45)(H,38,44)/t20-,35?,36?/m1/s1. The lowest BCUT2D eigenvalue weighted by Crippen LogP contribution is -2.75. The molecule has 5 aliphatic carbocycles. The Bertz CT molecular complexity index is 2060. The Hall–Kier alpha value is -4.26. The number of likely N-dealkylation sites (tertiary alicyclic amines) is 1. The number of ether oxygens (including phenoxy) is 2. The number of rotatable bonds is 7. The zero-order valence-electron chi connectivity index (χ0n) is 28.4. The van der Waals surface area contributed by atoms with Crippen LogP contribution in [-0.2, 0) is 21.5 Å². The monoisotopic (exact) mass is 669 g/mol. The molecule has 2 amide bonds. The number of amides is 2. The molecule has 3 aromatic heterocycles. The Morgan fingerprint density at radius 2 is 1.88 bits per heavy atom. The number of carbonyl (C=O) groups excluding carboxylic acids is 2. The van der Waals surface area contributed by atoms with Crippen molar-refractivity contribution < 1.29 is 19.1 Å². The van der Waals surface area contributed by atoms with Crippen molar-refractivity contribution in [3.8, 4) is 5.88 Å². The summed E-state index contributed by atoms with van der Waals surface area (Å²) in [6, 6.07) is 0. The molecular weight excluding hydrogens is 626 g/mol. The molecule has 2 aliphatic heterocycles. The van der Waals surface area contributed by atoms with Gasteiger partial charge in [0.05, 0.1) is 26.0 Å². The van der Waals surface area contributed by atoms with Gasteiger partial charge in [-0.2, -0.15) is 4.80 Å². The number of methoxy groups -OCH3 is 1. The third-order valence-corrected chi connectivity index (χ3v) is 12.6. The van der Waals surface area contributed by atoms with Gasteiger partial charge in [-0.3, -0.25) is 19.2 Å². The maximum atomic E-state index is 14.6. The Balaban J connectivity index is 1.06. The maximum Gasteiger partial charge on any atom is 0.263 e. The number of aromatic amines is 1. The second kappa shape index (κ2) is 10.6. The van der Waals surface area contributed by atoms with Crippen molar-refractivity contribution in [2.45, 2.75) is 95.1 Å². The van der Waals surface area contributed by atoms with E-state index >= 15 is 0 Å². The zero-order chi connectivity index (χ0) is 33.9. The smallest absolute Gasteiger partial charge is 0.263 e. The maximum absolute atomic E-state index is 14.6. The predicted molar refractivity (Wildman–Crippen MR) is 180 cm³/mol. The first-order chi connectivity index (χ1) is 23.6. The molecular formula is C36H43N7O6. The molecule has 1 saturated heterocycles. The van der Waals surface area contributed by atoms with Gasteiger partial charge in [0.2, 0.25) is 22.6 Å². The van der Waals surface area contributed by atoms with Crippen LogP contribution in [0.15, 0.2) is 21.9 Å². The number of hydrogen-bond acceptors (Lipinski definition) is 8. The van der Waals surface area contributed by atoms with Gasteiger partial charge in [0.15, 0.2) is 11.2 Å². The van der Waals surface area contributed by atoms with Crippen LogP contribution in [-0.4, -0.2) is 80.2 Å². The topological polar surface area (TPSA) is 153 Å². The van der Waals surface area contributed by atoms with Crippen LogP contribution in [0.25, 0.3) is 16.9 Å². The molecule has 1 spiro atoms. The van der Waals surface area contributed by atoms with E-state index in [1.807, 2.05) is 10.6 Å². The molecule has 13 nitrogen and oxygen atoms in total. The highest BCUT2D eigenvalue weighted by Crippen LogP contribution is 2.75. The lowest BCUT2D eigenvalue weighted by molar-refractivity contribution is -0.176. The van der Waals surface area contributed by atoms with E-state index in [9.17, 15) is 19.2 Å². The van der Waals surface area contributed by atoms with Gasteiger partial charge in [-0.05, 0) is 81.6 Å². The third-order valence-electron chi connectivity index (χ3n) is 12.6. The average Bonchev–Trinajstić information content (AvgIpc) is 3.73. The Morgan fingerprint density at radius 1 is 1.12 bits per heavy atom. The Morgan fingerprint density at radius 3 is 2.55 bits per heavy atom. The molecule has 5 heterocycles. The minimum atomic E-state index is -0.496. The van der Waals surface area contributed by atoms with Gasteiger partial charge in [-0.25, -0.2) is 0 Å². The van der Waals surface area contributed by atoms with E-state index in [0.717, 1.165) is 43.0 Å². The van der Waals surface area contributed by atoms with Crippen molar-refractivity contribution in [2.24, 2.45) is 11.3 Å². The number of hydrogen-bond donors (Lipinski definition) is 2. The second-order valence-electron chi connectivity index (χ2n) is 15.7. The van der Waals surface area contributed by atoms with Crippen LogP contribution < -0.4 is 20.9 Å². The molecule has 1 atom stereocenters. The minimum Gasteiger partial charge on any atom is -0.482 e. The van der Waals surface area contributed by atoms with Crippen LogP contribution in [0, 0.1) is 18.3 Å². The summed E-state index contributed by atoms with van der Waals surface area (Å²) in [6.45, 7) is 5.61. The number of fused-ring (bicyclic) bond motifs is 3. The first-order valence-electron chi connectivity index (χ1n) is 17.7. The number of aryl methyl sites for hydroxylation is 1. The van der Waals surface area contributed by atoms with Gasteiger partial charge >= 0.3 is 0 Å². The highest BCUT2D eigenvalue weighted by Gasteiger charge is 2.72. The van der Waals surface area contributed by atoms with Gasteiger partial charge < -0.3 is 29.2 Å². The molecule has 4 saturated carbocycles. The minimum absolute atomic E-state index is 0.000450. The van der Waals surface area contributed by atoms with Crippen molar-refractivity contribution in [3.63, 3.8) is 0 Å². The quantitative estimate of drug-likeness (QED) is 0.390. The zero-order valence-corrected chi connectivity index (χ0v) is 28.4. The summed E-state index contributed by atoms with van der Waals surface area (Å²) >= 11 is 0. The van der Waals surface area contributed by atoms with Gasteiger partial charge in [-0.1, -0.05) is 6.92 Å². The van der Waals surface area contributed by atoms with E-state index < -0.39 is 5.41 Å². The summed E-state index contributed by atoms with van der Waals surface area (Å²) < 4.78 is 12.8. The molecule has 13 heteroatoms. The van der Waals surface area contributed by atoms with Crippen LogP contribution in [0.1, 0.15) is 97.8 Å². The third kappa shape index (κ3) is 4.53. The molecule has 258 valence electrons. The van der Waals surface area contributed by atoms with Gasteiger partial charge in [0, 0.05) is 53.5 Å². The second-order valence-corrected chi connectivity index (χ2v) is 15.7. The summed E-state index contributed by atoms with van der Waals surface area (Å²) in [7, 11) is 1.43. The number of piperidine rings is 1. The summed E-state index contributed by atoms with van der Waals surface area (Å²) in [5, 5.41) is 13.0. The van der Waals surface area contributed by atoms with E-state index in [4.69, 9.17) is 19.7 Å². The molecule has 7 aliphatic rings. The van der Waals surface area contributed by atoms with E-state index in [1.54, 1.807) is 22.8 Å². The number of aromatic nitrogens is 5. The highest BCUT2D eigenvalue weighted by atomic mass is 16.5. The van der Waals surface area contributed by atoms with Gasteiger partial charge in [-0.15, -0.1) is 10.2 Å². The summed E-state index contributed by atoms with van der Waals surface area (Å²) in [5.41, 5.74) is 2.94. The van der Waals surface area contributed by atoms with Crippen molar-refractivity contribution >= 4 is 28.7 Å². The lowest BCUT2D eigenvalue weighted by Gasteiger charge is -2.71. The fourth-order valence-electron chi connectivity index (χ4n) is 10.2. The number of pyridine rings is 2. The Kier molecular flexibility index (Phi) is 6.67. The molecule has 0 aromatic carbocycles. The van der Waals surface area contributed by atoms with Crippen molar-refractivity contribution in [2.75, 3.05) is 33.4 Å². The number of nitrogens with one attached hydrogen (secondary N) is 2. The fourth-order valence-corrected chi connectivity index (χ4v) is 10.2. The normalized spacial score (nSPS) is 28.1. The van der Waals surface area contributed by atoms with Crippen LogP contribution >= 0.6 is 0 Å². The molecule has 3 aromatic rings. The summed E-state index contributed by atoms with van der Waals surface area (Å²) in [6.07, 6.45) is 11.8. The van der Waals surface area contributed by atoms with E-state index in [0.29, 0.717) is 67.8 Å². The highest BCUT2D eigenvalue weighted by molar-refractivity contribution is 5.96. The SMILES string of the molecule is COc1[nH]cc(C)c(=O)c1C(=O)N1CCC2(CC1)C[C@@H](C)c1c2c(=O)c2nn(C3=CCOCC3)nc2n1CC(=O)NC12CC(C3CC3)(C1)C2. The van der Waals surface area contributed by atoms with E-state index in [-0.39, 0.29) is 57.6 Å². The lowest BCUT2D eigenvalue weighted by atomic mass is 9.37. The average molecular weight is 670 g/mol. The summed E-state index contributed by atoms with van der Waals surface area (Å²) in [5.74, 6) is 0.552. The first-order valence-corrected chi connectivity index (χ1v) is 17.7. The van der Waals surface area contributed by atoms with Crippen LogP contribution in [0.2, 0.25) is 0 Å². The predicted octanol–water partition coefficient (Wildman–Crippen LogP) is 2.99. The molecule has 0 unspecified atom stereocenters. The molecule has 2 N–H and O–H groups in total. The van der Waals surface area contributed by atoms with Crippen molar-refractivity contribution in [1.29, 1.82) is 0 Å². The largest absolute Gasteiger partial charge is 0.482 e. The molecule has 5 fully saturated rings. The van der Waals surface area contributed by atoms with Crippen LogP contribution in [0.5, 0.6) is 5.88 Å². The number of H-pyrrole nitrogens is 1. The van der Waals surface area contributed by atoms with E-state index in [2.05, 4.69) is 17.2 Å². The molecule has 10 rings (SSSR count). The van der Waals surface area contributed by atoms with Crippen molar-refractivity contribution in [1.82, 2.24) is 34.8 Å². The fraction of sp³-hybridized carbons (Fsp3) is 0.611. The van der Waals surface area contributed by atoms with Crippen LogP contribution in [0.4, 0.5) is 0 Å². The first kappa shape index (κ1) is 30.8. The number of nitrogens with zero attached hydrogens (tertiary/aromatic N) is 5. The molecule has 49 heavy (non-hydrogen) atoms. The van der Waals surface area contributed by atoms with Crippen LogP contribution in [0.3, 0.4) is 0 Å². The number of carbonyl (C=O) groups is 2. The van der Waals surface area contributed by atoms with E-state index in [1.165, 1.54) is 20.0 Å². The molecule has 2 bridgehead atoms. The Labute approximate surface area is 283 Å². The van der Waals surface area contributed by atoms with Gasteiger partial charge in [0.1, 0.15) is 12.1 Å².